The van der Waals surface area contributed by atoms with E-state index >= 15 is 0 Å². The molecule has 1 aromatic heterocycles. The van der Waals surface area contributed by atoms with E-state index in [1.54, 1.807) is 16.8 Å². The molecule has 7 heteroatoms. The Morgan fingerprint density at radius 3 is 2.70 bits per heavy atom. The molecule has 0 aliphatic carbocycles. The van der Waals surface area contributed by atoms with Crippen LogP contribution < -0.4 is 5.73 Å². The molecule has 20 heavy (non-hydrogen) atoms. The van der Waals surface area contributed by atoms with Crippen molar-refractivity contribution in [1.29, 1.82) is 0 Å². The summed E-state index contributed by atoms with van der Waals surface area (Å²) in [6, 6.07) is 5.23. The van der Waals surface area contributed by atoms with Gasteiger partial charge in [-0.05, 0) is 18.2 Å². The number of aromatic nitrogens is 3. The van der Waals surface area contributed by atoms with Crippen molar-refractivity contribution in [3.05, 3.63) is 40.4 Å². The molecule has 2 aromatic rings. The first kappa shape index (κ1) is 14.3. The van der Waals surface area contributed by atoms with E-state index in [0.717, 1.165) is 30.2 Å². The third-order valence-corrected chi connectivity index (χ3v) is 3.24. The predicted molar refractivity (Wildman–Crippen MR) is 77.6 cm³/mol. The van der Waals surface area contributed by atoms with Crippen LogP contribution in [0.5, 0.6) is 0 Å². The molecule has 0 aliphatic heterocycles. The van der Waals surface area contributed by atoms with Gasteiger partial charge in [-0.3, -0.25) is 0 Å². The maximum atomic E-state index is 8.69. The Kier molecular flexibility index (Phi) is 4.24. The van der Waals surface area contributed by atoms with Crippen molar-refractivity contribution in [3.8, 4) is 5.69 Å². The van der Waals surface area contributed by atoms with Gasteiger partial charge >= 0.3 is 0 Å². The van der Waals surface area contributed by atoms with Crippen LogP contribution in [0.25, 0.3) is 5.69 Å². The van der Waals surface area contributed by atoms with Crippen molar-refractivity contribution in [1.82, 2.24) is 14.8 Å². The van der Waals surface area contributed by atoms with E-state index in [4.69, 9.17) is 22.5 Å². The zero-order valence-corrected chi connectivity index (χ0v) is 12.1. The van der Waals surface area contributed by atoms with E-state index in [2.05, 4.69) is 15.2 Å². The molecule has 106 valence electrons. The fourth-order valence-corrected chi connectivity index (χ4v) is 2.15. The molecule has 0 saturated carbocycles. The topological polar surface area (TPSA) is 89.3 Å². The van der Waals surface area contributed by atoms with Crippen LogP contribution in [0.4, 0.5) is 0 Å². The quantitative estimate of drug-likeness (QED) is 0.391. The highest BCUT2D eigenvalue weighted by atomic mass is 35.5. The first-order valence-corrected chi connectivity index (χ1v) is 6.71. The highest BCUT2D eigenvalue weighted by Crippen LogP contribution is 2.21. The predicted octanol–water partition coefficient (Wildman–Crippen LogP) is 2.14. The normalized spacial score (nSPS) is 11.8. The van der Waals surface area contributed by atoms with Crippen LogP contribution in [-0.4, -0.2) is 25.8 Å². The molecule has 6 nitrogen and oxygen atoms in total. The molecule has 0 radical (unpaired) electrons. The summed E-state index contributed by atoms with van der Waals surface area (Å²) in [7, 11) is 0. The Hall–Kier alpha value is -2.08. The average Bonchev–Trinajstić information content (AvgIpc) is 2.89. The maximum Gasteiger partial charge on any atom is 0.171 e. The summed E-state index contributed by atoms with van der Waals surface area (Å²) >= 11 is 6.16. The summed E-state index contributed by atoms with van der Waals surface area (Å²) < 4.78 is 1.76. The number of halogens is 1. The second kappa shape index (κ2) is 5.92. The van der Waals surface area contributed by atoms with E-state index in [1.807, 2.05) is 19.9 Å². The van der Waals surface area contributed by atoms with Crippen LogP contribution in [0, 0.1) is 0 Å². The molecule has 0 atom stereocenters. The van der Waals surface area contributed by atoms with Gasteiger partial charge in [-0.25, -0.2) is 9.67 Å². The number of hydrogen-bond donors (Lipinski definition) is 2. The molecule has 0 fully saturated rings. The van der Waals surface area contributed by atoms with Crippen molar-refractivity contribution in [2.24, 2.45) is 10.9 Å². The van der Waals surface area contributed by atoms with Gasteiger partial charge in [0, 0.05) is 18.4 Å². The van der Waals surface area contributed by atoms with E-state index in [-0.39, 0.29) is 5.84 Å². The largest absolute Gasteiger partial charge is 0.409 e. The van der Waals surface area contributed by atoms with Gasteiger partial charge in [-0.1, -0.05) is 30.6 Å². The fourth-order valence-electron chi connectivity index (χ4n) is 1.87. The number of amidine groups is 1. The zero-order chi connectivity index (χ0) is 14.7. The molecule has 0 spiro atoms. The summed E-state index contributed by atoms with van der Waals surface area (Å²) in [5.74, 6) is 1.64. The Morgan fingerprint density at radius 1 is 1.40 bits per heavy atom. The minimum Gasteiger partial charge on any atom is -0.409 e. The van der Waals surface area contributed by atoms with E-state index in [1.165, 1.54) is 0 Å². The lowest BCUT2D eigenvalue weighted by Gasteiger charge is -2.07. The fraction of sp³-hybridized carbons (Fsp3) is 0.308. The Labute approximate surface area is 121 Å². The smallest absolute Gasteiger partial charge is 0.171 e. The van der Waals surface area contributed by atoms with Gasteiger partial charge in [0.25, 0.3) is 0 Å². The number of rotatable bonds is 4. The lowest BCUT2D eigenvalue weighted by molar-refractivity contribution is 0.318. The molecule has 0 aliphatic rings. The molecule has 1 aromatic carbocycles. The number of oxime groups is 1. The molecule has 0 unspecified atom stereocenters. The third kappa shape index (κ3) is 2.60. The maximum absolute atomic E-state index is 8.69. The second-order valence-corrected chi connectivity index (χ2v) is 4.62. The first-order valence-electron chi connectivity index (χ1n) is 6.33. The Morgan fingerprint density at radius 2 is 2.15 bits per heavy atom. The minimum absolute atomic E-state index is 0.0231. The SMILES string of the molecule is CCc1nc(CC)n(-c2ccc(C(N)=NO)c(Cl)c2)n1. The highest BCUT2D eigenvalue weighted by molar-refractivity contribution is 6.34. The molecular formula is C13H16ClN5O. The van der Waals surface area contributed by atoms with Crippen LogP contribution in [0.3, 0.4) is 0 Å². The van der Waals surface area contributed by atoms with Crippen molar-refractivity contribution in [2.75, 3.05) is 0 Å². The van der Waals surface area contributed by atoms with Gasteiger partial charge in [0.15, 0.2) is 11.7 Å². The van der Waals surface area contributed by atoms with Crippen LogP contribution in [0.15, 0.2) is 23.4 Å². The molecule has 2 rings (SSSR count). The van der Waals surface area contributed by atoms with E-state index in [9.17, 15) is 0 Å². The van der Waals surface area contributed by atoms with Gasteiger partial charge in [0.1, 0.15) is 5.82 Å². The summed E-state index contributed by atoms with van der Waals surface area (Å²) in [5, 5.41) is 16.5. The summed E-state index contributed by atoms with van der Waals surface area (Å²) in [5.41, 5.74) is 6.82. The standard InChI is InChI=1S/C13H16ClN5O/c1-3-11-16-12(4-2)19(17-11)8-5-6-9(10(14)7-8)13(15)18-20/h5-7,20H,3-4H2,1-2H3,(H2,15,18). The Bertz CT molecular complexity index is 650. The highest BCUT2D eigenvalue weighted by Gasteiger charge is 2.12. The number of nitrogens with two attached hydrogens (primary N) is 1. The van der Waals surface area contributed by atoms with Gasteiger partial charge in [0.05, 0.1) is 10.7 Å². The van der Waals surface area contributed by atoms with Crippen LogP contribution >= 0.6 is 11.6 Å². The number of aryl methyl sites for hydroxylation is 2. The zero-order valence-electron chi connectivity index (χ0n) is 11.3. The lowest BCUT2D eigenvalue weighted by atomic mass is 10.2. The summed E-state index contributed by atoms with van der Waals surface area (Å²) in [6.07, 6.45) is 1.54. The lowest BCUT2D eigenvalue weighted by Crippen LogP contribution is -2.14. The molecule has 0 bridgehead atoms. The number of benzene rings is 1. The number of nitrogens with zero attached hydrogens (tertiary/aromatic N) is 4. The molecule has 3 N–H and O–H groups in total. The molecule has 0 saturated heterocycles. The van der Waals surface area contributed by atoms with Crippen LogP contribution in [0.1, 0.15) is 31.1 Å². The van der Waals surface area contributed by atoms with Gasteiger partial charge < -0.3 is 10.9 Å². The van der Waals surface area contributed by atoms with Crippen molar-refractivity contribution >= 4 is 17.4 Å². The van der Waals surface area contributed by atoms with Crippen molar-refractivity contribution < 1.29 is 5.21 Å². The minimum atomic E-state index is -0.0231. The molecule has 0 amide bonds. The third-order valence-electron chi connectivity index (χ3n) is 2.93. The average molecular weight is 294 g/mol. The Balaban J connectivity index is 2.49. The van der Waals surface area contributed by atoms with Gasteiger partial charge in [0.2, 0.25) is 0 Å². The summed E-state index contributed by atoms with van der Waals surface area (Å²) in [4.78, 5) is 4.45. The van der Waals surface area contributed by atoms with Crippen molar-refractivity contribution in [3.63, 3.8) is 0 Å². The molecule has 1 heterocycles. The monoisotopic (exact) mass is 293 g/mol. The van der Waals surface area contributed by atoms with Crippen LogP contribution in [-0.2, 0) is 12.8 Å². The second-order valence-electron chi connectivity index (χ2n) is 4.21. The van der Waals surface area contributed by atoms with Crippen LogP contribution in [0.2, 0.25) is 5.02 Å². The van der Waals surface area contributed by atoms with E-state index < -0.39 is 0 Å². The van der Waals surface area contributed by atoms with Crippen molar-refractivity contribution in [2.45, 2.75) is 26.7 Å². The molecular weight excluding hydrogens is 278 g/mol. The number of hydrogen-bond acceptors (Lipinski definition) is 4. The van der Waals surface area contributed by atoms with E-state index in [0.29, 0.717) is 10.6 Å². The first-order chi connectivity index (χ1) is 9.60. The van der Waals surface area contributed by atoms with Gasteiger partial charge in [-0.2, -0.15) is 5.10 Å². The summed E-state index contributed by atoms with van der Waals surface area (Å²) in [6.45, 7) is 4.03. The van der Waals surface area contributed by atoms with Gasteiger partial charge in [-0.15, -0.1) is 0 Å².